The number of rotatable bonds is 4. The van der Waals surface area contributed by atoms with Crippen LogP contribution in [0.25, 0.3) is 0 Å². The van der Waals surface area contributed by atoms with Gasteiger partial charge >= 0.3 is 5.97 Å². The number of carboxylic acid groups (broad SMARTS) is 1. The SMILES string of the molecule is CCCC1CCN(c2ccc(C(=O)O)cc2)C1. The van der Waals surface area contributed by atoms with E-state index in [2.05, 4.69) is 11.8 Å². The summed E-state index contributed by atoms with van der Waals surface area (Å²) < 4.78 is 0. The predicted octanol–water partition coefficient (Wildman–Crippen LogP) is 3.01. The van der Waals surface area contributed by atoms with E-state index in [0.717, 1.165) is 24.7 Å². The summed E-state index contributed by atoms with van der Waals surface area (Å²) in [5.74, 6) is -0.0546. The Morgan fingerprint density at radius 1 is 1.41 bits per heavy atom. The second-order valence-electron chi connectivity index (χ2n) is 4.74. The quantitative estimate of drug-likeness (QED) is 0.869. The minimum Gasteiger partial charge on any atom is -0.478 e. The van der Waals surface area contributed by atoms with Crippen molar-refractivity contribution < 1.29 is 9.90 Å². The minimum atomic E-state index is -0.859. The lowest BCUT2D eigenvalue weighted by atomic mass is 10.0. The lowest BCUT2D eigenvalue weighted by Crippen LogP contribution is -2.19. The van der Waals surface area contributed by atoms with E-state index in [4.69, 9.17) is 5.11 Å². The Kier molecular flexibility index (Phi) is 3.67. The van der Waals surface area contributed by atoms with E-state index >= 15 is 0 Å². The zero-order valence-electron chi connectivity index (χ0n) is 10.2. The Morgan fingerprint density at radius 3 is 2.71 bits per heavy atom. The first-order valence-electron chi connectivity index (χ1n) is 6.29. The molecule has 1 N–H and O–H groups in total. The summed E-state index contributed by atoms with van der Waals surface area (Å²) in [5.41, 5.74) is 1.51. The fraction of sp³-hybridized carbons (Fsp3) is 0.500. The fourth-order valence-corrected chi connectivity index (χ4v) is 2.53. The Morgan fingerprint density at radius 2 is 2.12 bits per heavy atom. The van der Waals surface area contributed by atoms with Crippen LogP contribution in [0.15, 0.2) is 24.3 Å². The van der Waals surface area contributed by atoms with E-state index in [0.29, 0.717) is 5.56 Å². The molecule has 1 unspecified atom stereocenters. The van der Waals surface area contributed by atoms with E-state index in [1.165, 1.54) is 19.3 Å². The maximum atomic E-state index is 10.8. The molecule has 0 radical (unpaired) electrons. The number of nitrogens with zero attached hydrogens (tertiary/aromatic N) is 1. The Bertz CT molecular complexity index is 386. The first-order valence-corrected chi connectivity index (χ1v) is 6.29. The Hall–Kier alpha value is -1.51. The molecule has 1 saturated heterocycles. The largest absolute Gasteiger partial charge is 0.478 e. The van der Waals surface area contributed by atoms with Crippen LogP contribution in [0.4, 0.5) is 5.69 Å². The van der Waals surface area contributed by atoms with Crippen molar-refractivity contribution in [3.63, 3.8) is 0 Å². The number of carboxylic acids is 1. The van der Waals surface area contributed by atoms with Crippen LogP contribution in [-0.4, -0.2) is 24.2 Å². The van der Waals surface area contributed by atoms with Crippen LogP contribution < -0.4 is 4.90 Å². The molecule has 3 nitrogen and oxygen atoms in total. The van der Waals surface area contributed by atoms with Crippen LogP contribution in [0, 0.1) is 5.92 Å². The van der Waals surface area contributed by atoms with Crippen molar-refractivity contribution in [1.82, 2.24) is 0 Å². The molecule has 1 atom stereocenters. The fourth-order valence-electron chi connectivity index (χ4n) is 2.53. The second kappa shape index (κ2) is 5.21. The third kappa shape index (κ3) is 2.78. The van der Waals surface area contributed by atoms with Gasteiger partial charge in [-0.2, -0.15) is 0 Å². The average molecular weight is 233 g/mol. The van der Waals surface area contributed by atoms with Gasteiger partial charge in [-0.3, -0.25) is 0 Å². The molecule has 17 heavy (non-hydrogen) atoms. The van der Waals surface area contributed by atoms with E-state index in [9.17, 15) is 4.79 Å². The Labute approximate surface area is 102 Å². The second-order valence-corrected chi connectivity index (χ2v) is 4.74. The molecule has 1 aromatic carbocycles. The number of hydrogen-bond donors (Lipinski definition) is 1. The summed E-state index contributed by atoms with van der Waals surface area (Å²) >= 11 is 0. The Balaban J connectivity index is 2.01. The van der Waals surface area contributed by atoms with E-state index in [-0.39, 0.29) is 0 Å². The van der Waals surface area contributed by atoms with Crippen LogP contribution in [0.1, 0.15) is 36.5 Å². The highest BCUT2D eigenvalue weighted by atomic mass is 16.4. The molecule has 1 aromatic rings. The minimum absolute atomic E-state index is 0.359. The summed E-state index contributed by atoms with van der Waals surface area (Å²) in [5, 5.41) is 8.84. The van der Waals surface area contributed by atoms with Crippen molar-refractivity contribution in [2.75, 3.05) is 18.0 Å². The van der Waals surface area contributed by atoms with E-state index < -0.39 is 5.97 Å². The van der Waals surface area contributed by atoms with E-state index in [1.54, 1.807) is 12.1 Å². The number of hydrogen-bond acceptors (Lipinski definition) is 2. The van der Waals surface area contributed by atoms with Crippen LogP contribution in [0.2, 0.25) is 0 Å². The van der Waals surface area contributed by atoms with Crippen LogP contribution >= 0.6 is 0 Å². The molecule has 1 fully saturated rings. The topological polar surface area (TPSA) is 40.5 Å². The molecule has 0 aliphatic carbocycles. The van der Waals surface area contributed by atoms with Crippen molar-refractivity contribution in [1.29, 1.82) is 0 Å². The zero-order chi connectivity index (χ0) is 12.3. The van der Waals surface area contributed by atoms with Gasteiger partial charge in [-0.15, -0.1) is 0 Å². The third-order valence-corrected chi connectivity index (χ3v) is 3.46. The van der Waals surface area contributed by atoms with Gasteiger partial charge in [0.25, 0.3) is 0 Å². The number of aromatic carboxylic acids is 1. The molecule has 1 aliphatic heterocycles. The van der Waals surface area contributed by atoms with Gasteiger partial charge in [-0.1, -0.05) is 13.3 Å². The van der Waals surface area contributed by atoms with E-state index in [1.807, 2.05) is 12.1 Å². The number of carbonyl (C=O) groups is 1. The lowest BCUT2D eigenvalue weighted by Gasteiger charge is -2.18. The highest BCUT2D eigenvalue weighted by Gasteiger charge is 2.21. The van der Waals surface area contributed by atoms with Crippen LogP contribution in [0.3, 0.4) is 0 Å². The van der Waals surface area contributed by atoms with Crippen molar-refractivity contribution in [2.24, 2.45) is 5.92 Å². The summed E-state index contributed by atoms with van der Waals surface area (Å²) in [6, 6.07) is 7.20. The van der Waals surface area contributed by atoms with Crippen molar-refractivity contribution in [2.45, 2.75) is 26.2 Å². The predicted molar refractivity (Wildman–Crippen MR) is 68.6 cm³/mol. The van der Waals surface area contributed by atoms with Crippen LogP contribution in [0.5, 0.6) is 0 Å². The van der Waals surface area contributed by atoms with Gasteiger partial charge in [0.05, 0.1) is 5.56 Å². The maximum absolute atomic E-state index is 10.8. The summed E-state index contributed by atoms with van der Waals surface area (Å²) in [6.07, 6.45) is 3.80. The molecule has 2 rings (SSSR count). The summed E-state index contributed by atoms with van der Waals surface area (Å²) in [7, 11) is 0. The molecule has 92 valence electrons. The van der Waals surface area contributed by atoms with Gasteiger partial charge in [0.15, 0.2) is 0 Å². The molecule has 0 spiro atoms. The number of benzene rings is 1. The molecule has 0 amide bonds. The highest BCUT2D eigenvalue weighted by molar-refractivity contribution is 5.88. The standard InChI is InChI=1S/C14H19NO2/c1-2-3-11-8-9-15(10-11)13-6-4-12(5-7-13)14(16)17/h4-7,11H,2-3,8-10H2,1H3,(H,16,17). The molecule has 1 aliphatic rings. The van der Waals surface area contributed by atoms with Gasteiger partial charge in [-0.05, 0) is 43.0 Å². The lowest BCUT2D eigenvalue weighted by molar-refractivity contribution is 0.0697. The molecule has 1 heterocycles. The number of anilines is 1. The molecule has 3 heteroatoms. The van der Waals surface area contributed by atoms with Gasteiger partial charge in [0.2, 0.25) is 0 Å². The summed E-state index contributed by atoms with van der Waals surface area (Å²) in [4.78, 5) is 13.1. The van der Waals surface area contributed by atoms with Gasteiger partial charge in [-0.25, -0.2) is 4.79 Å². The summed E-state index contributed by atoms with van der Waals surface area (Å²) in [6.45, 7) is 4.43. The molecular weight excluding hydrogens is 214 g/mol. The first-order chi connectivity index (χ1) is 8.20. The van der Waals surface area contributed by atoms with Gasteiger partial charge in [0, 0.05) is 18.8 Å². The third-order valence-electron chi connectivity index (χ3n) is 3.46. The molecule has 0 aromatic heterocycles. The molecule has 0 saturated carbocycles. The molecular formula is C14H19NO2. The normalized spacial score (nSPS) is 19.6. The smallest absolute Gasteiger partial charge is 0.335 e. The highest BCUT2D eigenvalue weighted by Crippen LogP contribution is 2.26. The van der Waals surface area contributed by atoms with Crippen molar-refractivity contribution in [3.05, 3.63) is 29.8 Å². The van der Waals surface area contributed by atoms with Crippen molar-refractivity contribution in [3.8, 4) is 0 Å². The zero-order valence-corrected chi connectivity index (χ0v) is 10.2. The van der Waals surface area contributed by atoms with Crippen molar-refractivity contribution >= 4 is 11.7 Å². The van der Waals surface area contributed by atoms with Gasteiger partial charge < -0.3 is 10.0 Å². The van der Waals surface area contributed by atoms with Crippen LogP contribution in [-0.2, 0) is 0 Å². The first kappa shape index (κ1) is 12.0. The average Bonchev–Trinajstić information content (AvgIpc) is 2.78. The molecule has 0 bridgehead atoms. The maximum Gasteiger partial charge on any atom is 0.335 e. The monoisotopic (exact) mass is 233 g/mol. The van der Waals surface area contributed by atoms with Gasteiger partial charge in [0.1, 0.15) is 0 Å².